The van der Waals surface area contributed by atoms with Crippen LogP contribution in [0.15, 0.2) is 107 Å². The second-order valence-corrected chi connectivity index (χ2v) is 8.32. The molecule has 180 valence electrons. The molecule has 2 heterocycles. The highest BCUT2D eigenvalue weighted by Gasteiger charge is 2.17. The summed E-state index contributed by atoms with van der Waals surface area (Å²) in [7, 11) is 0. The summed E-state index contributed by atoms with van der Waals surface area (Å²) in [5.41, 5.74) is 5.14. The van der Waals surface area contributed by atoms with Gasteiger partial charge in [0.1, 0.15) is 12.4 Å². The Hall–Kier alpha value is -4.56. The lowest BCUT2D eigenvalue weighted by atomic mass is 10.0. The second kappa shape index (κ2) is 10.8. The van der Waals surface area contributed by atoms with Gasteiger partial charge in [-0.15, -0.1) is 5.10 Å². The first-order valence-electron chi connectivity index (χ1n) is 11.7. The Labute approximate surface area is 207 Å². The fourth-order valence-electron chi connectivity index (χ4n) is 4.11. The van der Waals surface area contributed by atoms with Crippen molar-refractivity contribution in [1.29, 1.82) is 0 Å². The first-order valence-corrected chi connectivity index (χ1v) is 11.7. The van der Waals surface area contributed by atoms with E-state index in [4.69, 9.17) is 4.74 Å². The predicted molar refractivity (Wildman–Crippen MR) is 137 cm³/mol. The number of aromatic nitrogens is 5. The summed E-state index contributed by atoms with van der Waals surface area (Å²) in [4.78, 5) is 25.3. The molecule has 0 saturated carbocycles. The van der Waals surface area contributed by atoms with E-state index in [0.29, 0.717) is 13.2 Å². The van der Waals surface area contributed by atoms with Crippen molar-refractivity contribution in [2.75, 3.05) is 0 Å². The third kappa shape index (κ3) is 5.24. The van der Waals surface area contributed by atoms with Crippen LogP contribution in [0.25, 0.3) is 22.5 Å². The minimum absolute atomic E-state index is 0.0472. The SMILES string of the molecule is O=c1ccn(COCc2ccccc2CCn2nnc(-c3ccccc3)c2-c2ccccc2)c(=O)[nH]1. The summed E-state index contributed by atoms with van der Waals surface area (Å²) in [5.74, 6) is 0. The summed E-state index contributed by atoms with van der Waals surface area (Å²) in [6.45, 7) is 1.02. The maximum Gasteiger partial charge on any atom is 0.330 e. The van der Waals surface area contributed by atoms with E-state index >= 15 is 0 Å². The lowest BCUT2D eigenvalue weighted by Crippen LogP contribution is -2.29. The van der Waals surface area contributed by atoms with Gasteiger partial charge in [0.15, 0.2) is 0 Å². The highest BCUT2D eigenvalue weighted by Crippen LogP contribution is 2.30. The Morgan fingerprint density at radius 3 is 2.17 bits per heavy atom. The summed E-state index contributed by atoms with van der Waals surface area (Å²) in [5, 5.41) is 9.03. The zero-order valence-corrected chi connectivity index (χ0v) is 19.6. The van der Waals surface area contributed by atoms with Crippen molar-refractivity contribution in [2.45, 2.75) is 26.3 Å². The van der Waals surface area contributed by atoms with Gasteiger partial charge in [0.2, 0.25) is 0 Å². The van der Waals surface area contributed by atoms with Crippen molar-refractivity contribution in [2.24, 2.45) is 0 Å². The third-order valence-corrected chi connectivity index (χ3v) is 5.93. The van der Waals surface area contributed by atoms with E-state index in [2.05, 4.69) is 33.5 Å². The van der Waals surface area contributed by atoms with Crippen molar-refractivity contribution in [1.82, 2.24) is 24.5 Å². The lowest BCUT2D eigenvalue weighted by molar-refractivity contribution is 0.0603. The van der Waals surface area contributed by atoms with Gasteiger partial charge in [-0.3, -0.25) is 14.3 Å². The van der Waals surface area contributed by atoms with E-state index in [1.165, 1.54) is 16.8 Å². The first-order chi connectivity index (χ1) is 17.7. The van der Waals surface area contributed by atoms with Gasteiger partial charge in [-0.1, -0.05) is 90.1 Å². The fourth-order valence-corrected chi connectivity index (χ4v) is 4.11. The lowest BCUT2D eigenvalue weighted by Gasteiger charge is -2.12. The molecule has 0 radical (unpaired) electrons. The number of aromatic amines is 1. The van der Waals surface area contributed by atoms with Gasteiger partial charge in [0.05, 0.1) is 12.3 Å². The molecule has 0 amide bonds. The number of nitrogens with zero attached hydrogens (tertiary/aromatic N) is 4. The maximum absolute atomic E-state index is 11.9. The van der Waals surface area contributed by atoms with E-state index in [1.807, 2.05) is 71.4 Å². The van der Waals surface area contributed by atoms with E-state index < -0.39 is 11.2 Å². The predicted octanol–water partition coefficient (Wildman–Crippen LogP) is 3.88. The minimum atomic E-state index is -0.496. The molecule has 0 aliphatic carbocycles. The van der Waals surface area contributed by atoms with Crippen molar-refractivity contribution >= 4 is 0 Å². The smallest absolute Gasteiger partial charge is 0.330 e. The fraction of sp³-hybridized carbons (Fsp3) is 0.143. The Kier molecular flexibility index (Phi) is 6.95. The summed E-state index contributed by atoms with van der Waals surface area (Å²) in [6, 6.07) is 29.6. The van der Waals surface area contributed by atoms with Crippen LogP contribution in [0.5, 0.6) is 0 Å². The topological polar surface area (TPSA) is 94.8 Å². The molecule has 0 unspecified atom stereocenters. The molecular formula is C28H25N5O3. The molecule has 5 rings (SSSR count). The van der Waals surface area contributed by atoms with Crippen molar-refractivity contribution in [3.05, 3.63) is 129 Å². The number of hydrogen-bond donors (Lipinski definition) is 1. The number of ether oxygens (including phenoxy) is 1. The molecule has 1 N–H and O–H groups in total. The normalized spacial score (nSPS) is 11.0. The zero-order valence-electron chi connectivity index (χ0n) is 19.6. The van der Waals surface area contributed by atoms with Crippen molar-refractivity contribution in [3.63, 3.8) is 0 Å². The van der Waals surface area contributed by atoms with Crippen LogP contribution in [-0.4, -0.2) is 24.5 Å². The van der Waals surface area contributed by atoms with Crippen LogP contribution in [0, 0.1) is 0 Å². The molecule has 8 nitrogen and oxygen atoms in total. The number of H-pyrrole nitrogens is 1. The average Bonchev–Trinajstić information content (AvgIpc) is 3.34. The number of hydrogen-bond acceptors (Lipinski definition) is 5. The summed E-state index contributed by atoms with van der Waals surface area (Å²) < 4.78 is 9.05. The molecule has 0 aliphatic rings. The van der Waals surface area contributed by atoms with Gasteiger partial charge in [0, 0.05) is 29.9 Å². The standard InChI is InChI=1S/C28H25N5O3/c34-25-16-17-32(28(35)29-25)20-36-19-24-14-8-7-9-21(24)15-18-33-27(23-12-5-2-6-13-23)26(30-31-33)22-10-3-1-4-11-22/h1-14,16-17H,15,18-20H2,(H,29,34,35). The van der Waals surface area contributed by atoms with E-state index in [9.17, 15) is 9.59 Å². The molecule has 2 aromatic heterocycles. The van der Waals surface area contributed by atoms with Gasteiger partial charge in [0.25, 0.3) is 5.56 Å². The number of benzene rings is 3. The Balaban J connectivity index is 1.34. The highest BCUT2D eigenvalue weighted by molar-refractivity contribution is 5.77. The van der Waals surface area contributed by atoms with Gasteiger partial charge >= 0.3 is 5.69 Å². The van der Waals surface area contributed by atoms with Crippen LogP contribution < -0.4 is 11.2 Å². The van der Waals surface area contributed by atoms with Crippen LogP contribution in [-0.2, 0) is 31.0 Å². The third-order valence-electron chi connectivity index (χ3n) is 5.93. The van der Waals surface area contributed by atoms with Crippen LogP contribution >= 0.6 is 0 Å². The van der Waals surface area contributed by atoms with Crippen LogP contribution in [0.2, 0.25) is 0 Å². The van der Waals surface area contributed by atoms with Gasteiger partial charge in [-0.25, -0.2) is 9.48 Å². The molecule has 0 spiro atoms. The van der Waals surface area contributed by atoms with E-state index in [-0.39, 0.29) is 6.73 Å². The first kappa shape index (κ1) is 23.2. The molecule has 0 fully saturated rings. The quantitative estimate of drug-likeness (QED) is 0.346. The van der Waals surface area contributed by atoms with Gasteiger partial charge in [-0.2, -0.15) is 0 Å². The Bertz CT molecular complexity index is 1560. The molecular weight excluding hydrogens is 454 g/mol. The summed E-state index contributed by atoms with van der Waals surface area (Å²) >= 11 is 0. The molecule has 3 aromatic carbocycles. The number of aryl methyl sites for hydroxylation is 2. The van der Waals surface area contributed by atoms with Crippen molar-refractivity contribution < 1.29 is 4.74 Å². The molecule has 36 heavy (non-hydrogen) atoms. The number of nitrogens with one attached hydrogen (secondary N) is 1. The van der Waals surface area contributed by atoms with Crippen LogP contribution in [0.1, 0.15) is 11.1 Å². The maximum atomic E-state index is 11.9. The Morgan fingerprint density at radius 1 is 0.778 bits per heavy atom. The van der Waals surface area contributed by atoms with E-state index in [1.54, 1.807) is 0 Å². The highest BCUT2D eigenvalue weighted by atomic mass is 16.5. The summed E-state index contributed by atoms with van der Waals surface area (Å²) in [6.07, 6.45) is 2.16. The molecule has 0 atom stereocenters. The molecule has 0 aliphatic heterocycles. The zero-order chi connectivity index (χ0) is 24.7. The average molecular weight is 480 g/mol. The number of rotatable bonds is 9. The Morgan fingerprint density at radius 2 is 1.44 bits per heavy atom. The van der Waals surface area contributed by atoms with Gasteiger partial charge < -0.3 is 4.74 Å². The van der Waals surface area contributed by atoms with Crippen LogP contribution in [0.4, 0.5) is 0 Å². The van der Waals surface area contributed by atoms with Crippen LogP contribution in [0.3, 0.4) is 0 Å². The molecule has 8 heteroatoms. The monoisotopic (exact) mass is 479 g/mol. The van der Waals surface area contributed by atoms with Crippen molar-refractivity contribution in [3.8, 4) is 22.5 Å². The minimum Gasteiger partial charge on any atom is -0.356 e. The molecule has 0 bridgehead atoms. The molecule has 0 saturated heterocycles. The largest absolute Gasteiger partial charge is 0.356 e. The second-order valence-electron chi connectivity index (χ2n) is 8.32. The van der Waals surface area contributed by atoms with E-state index in [0.717, 1.165) is 40.1 Å². The molecule has 5 aromatic rings. The van der Waals surface area contributed by atoms with Gasteiger partial charge in [-0.05, 0) is 17.5 Å².